The summed E-state index contributed by atoms with van der Waals surface area (Å²) in [5, 5.41) is 2.90. The first kappa shape index (κ1) is 10.5. The highest BCUT2D eigenvalue weighted by Gasteiger charge is 2.27. The van der Waals surface area contributed by atoms with Crippen LogP contribution in [0.5, 0.6) is 0 Å². The molecule has 1 aliphatic heterocycles. The third kappa shape index (κ3) is 2.42. The number of nitrogens with zero attached hydrogens (tertiary/aromatic N) is 1. The zero-order chi connectivity index (χ0) is 9.84. The zero-order valence-corrected chi connectivity index (χ0v) is 8.42. The van der Waals surface area contributed by atoms with Gasteiger partial charge in [-0.1, -0.05) is 13.8 Å². The summed E-state index contributed by atoms with van der Waals surface area (Å²) in [5.41, 5.74) is 5.57. The molecule has 0 spiro atoms. The lowest BCUT2D eigenvalue weighted by molar-refractivity contribution is -0.125. The Balaban J connectivity index is 2.69. The highest BCUT2D eigenvalue weighted by Crippen LogP contribution is 2.08. The van der Waals surface area contributed by atoms with Crippen molar-refractivity contribution >= 4 is 5.91 Å². The van der Waals surface area contributed by atoms with Crippen LogP contribution in [0.15, 0.2) is 0 Å². The highest BCUT2D eigenvalue weighted by atomic mass is 16.2. The van der Waals surface area contributed by atoms with Gasteiger partial charge in [-0.2, -0.15) is 0 Å². The molecule has 4 nitrogen and oxygen atoms in total. The summed E-state index contributed by atoms with van der Waals surface area (Å²) in [6.07, 6.45) is 0. The maximum atomic E-state index is 11.5. The molecule has 2 atom stereocenters. The minimum absolute atomic E-state index is 0.0775. The molecule has 1 fully saturated rings. The van der Waals surface area contributed by atoms with Gasteiger partial charge in [-0.05, 0) is 12.5 Å². The number of nitrogens with two attached hydrogens (primary N) is 1. The fourth-order valence-electron chi connectivity index (χ4n) is 1.76. The van der Waals surface area contributed by atoms with Gasteiger partial charge < -0.3 is 11.1 Å². The van der Waals surface area contributed by atoms with E-state index in [-0.39, 0.29) is 11.9 Å². The second kappa shape index (κ2) is 4.58. The first-order chi connectivity index (χ1) is 6.19. The summed E-state index contributed by atoms with van der Waals surface area (Å²) in [5.74, 6) is 0.592. The van der Waals surface area contributed by atoms with E-state index in [1.165, 1.54) is 0 Å². The van der Waals surface area contributed by atoms with E-state index < -0.39 is 0 Å². The first-order valence-electron chi connectivity index (χ1n) is 4.90. The Morgan fingerprint density at radius 3 is 2.92 bits per heavy atom. The topological polar surface area (TPSA) is 58.4 Å². The van der Waals surface area contributed by atoms with E-state index in [4.69, 9.17) is 5.73 Å². The Bertz CT molecular complexity index is 184. The summed E-state index contributed by atoms with van der Waals surface area (Å²) in [6.45, 7) is 7.23. The maximum Gasteiger partial charge on any atom is 0.238 e. The average molecular weight is 185 g/mol. The zero-order valence-electron chi connectivity index (χ0n) is 8.42. The first-order valence-corrected chi connectivity index (χ1v) is 4.90. The number of nitrogens with one attached hydrogen (secondary N) is 1. The molecule has 0 aromatic carbocycles. The van der Waals surface area contributed by atoms with E-state index >= 15 is 0 Å². The second-order valence-electron chi connectivity index (χ2n) is 3.69. The molecule has 1 amide bonds. The van der Waals surface area contributed by atoms with Gasteiger partial charge in [-0.25, -0.2) is 0 Å². The van der Waals surface area contributed by atoms with Gasteiger partial charge in [-0.15, -0.1) is 0 Å². The number of carbonyl (C=O) groups is 1. The molecule has 0 aliphatic carbocycles. The standard InChI is InChI=1S/C9H19N3O/c1-3-12-6-7(2)5-11-9(13)8(12)4-10/h7-8H,3-6,10H2,1-2H3,(H,11,13). The van der Waals surface area contributed by atoms with Gasteiger partial charge in [0, 0.05) is 19.6 Å². The molecule has 1 saturated heterocycles. The van der Waals surface area contributed by atoms with Crippen molar-refractivity contribution in [2.45, 2.75) is 19.9 Å². The molecule has 3 N–H and O–H groups in total. The van der Waals surface area contributed by atoms with Crippen LogP contribution in [0.4, 0.5) is 0 Å². The minimum Gasteiger partial charge on any atom is -0.354 e. The molecule has 0 aromatic heterocycles. The number of likely N-dealkylation sites (N-methyl/N-ethyl adjacent to an activating group) is 1. The predicted octanol–water partition coefficient (Wildman–Crippen LogP) is -0.598. The van der Waals surface area contributed by atoms with E-state index in [1.54, 1.807) is 0 Å². The molecule has 2 unspecified atom stereocenters. The van der Waals surface area contributed by atoms with Gasteiger partial charge in [0.15, 0.2) is 0 Å². The van der Waals surface area contributed by atoms with Gasteiger partial charge in [0.2, 0.25) is 5.91 Å². The second-order valence-corrected chi connectivity index (χ2v) is 3.69. The van der Waals surface area contributed by atoms with Crippen molar-refractivity contribution in [3.05, 3.63) is 0 Å². The van der Waals surface area contributed by atoms with Crippen LogP contribution >= 0.6 is 0 Å². The van der Waals surface area contributed by atoms with Crippen LogP contribution in [0.3, 0.4) is 0 Å². The van der Waals surface area contributed by atoms with Crippen molar-refractivity contribution in [1.29, 1.82) is 0 Å². The monoisotopic (exact) mass is 185 g/mol. The van der Waals surface area contributed by atoms with Crippen LogP contribution in [0.1, 0.15) is 13.8 Å². The highest BCUT2D eigenvalue weighted by molar-refractivity contribution is 5.82. The van der Waals surface area contributed by atoms with Gasteiger partial charge in [0.05, 0.1) is 0 Å². The summed E-state index contributed by atoms with van der Waals surface area (Å²) in [6, 6.07) is -0.130. The predicted molar refractivity (Wildman–Crippen MR) is 52.3 cm³/mol. The maximum absolute atomic E-state index is 11.5. The van der Waals surface area contributed by atoms with Crippen LogP contribution in [0.2, 0.25) is 0 Å². The average Bonchev–Trinajstić information content (AvgIpc) is 2.26. The van der Waals surface area contributed by atoms with Crippen molar-refractivity contribution in [2.24, 2.45) is 11.7 Å². The molecule has 0 saturated carbocycles. The Kier molecular flexibility index (Phi) is 3.69. The summed E-state index contributed by atoms with van der Waals surface area (Å²) in [4.78, 5) is 13.7. The van der Waals surface area contributed by atoms with E-state index in [1.807, 2.05) is 0 Å². The van der Waals surface area contributed by atoms with Crippen molar-refractivity contribution in [2.75, 3.05) is 26.2 Å². The molecular weight excluding hydrogens is 166 g/mol. The van der Waals surface area contributed by atoms with E-state index in [0.29, 0.717) is 12.5 Å². The Labute approximate surface area is 79.5 Å². The molecular formula is C9H19N3O. The molecule has 0 aromatic rings. The molecule has 76 valence electrons. The number of amides is 1. The van der Waals surface area contributed by atoms with Crippen LogP contribution in [0.25, 0.3) is 0 Å². The summed E-state index contributed by atoms with van der Waals surface area (Å²) in [7, 11) is 0. The van der Waals surface area contributed by atoms with Crippen molar-refractivity contribution in [3.63, 3.8) is 0 Å². The molecule has 1 heterocycles. The van der Waals surface area contributed by atoms with Crippen LogP contribution in [0, 0.1) is 5.92 Å². The lowest BCUT2D eigenvalue weighted by atomic mass is 10.1. The lowest BCUT2D eigenvalue weighted by Crippen LogP contribution is -2.48. The van der Waals surface area contributed by atoms with E-state index in [9.17, 15) is 4.79 Å². The van der Waals surface area contributed by atoms with E-state index in [2.05, 4.69) is 24.1 Å². The molecule has 0 bridgehead atoms. The van der Waals surface area contributed by atoms with Gasteiger partial charge >= 0.3 is 0 Å². The molecule has 4 heteroatoms. The minimum atomic E-state index is -0.130. The Morgan fingerprint density at radius 2 is 2.38 bits per heavy atom. The van der Waals surface area contributed by atoms with Crippen molar-refractivity contribution < 1.29 is 4.79 Å². The number of hydrogen-bond donors (Lipinski definition) is 2. The third-order valence-corrected chi connectivity index (χ3v) is 2.54. The Morgan fingerprint density at radius 1 is 1.69 bits per heavy atom. The fraction of sp³-hybridized carbons (Fsp3) is 0.889. The smallest absolute Gasteiger partial charge is 0.238 e. The lowest BCUT2D eigenvalue weighted by Gasteiger charge is -2.26. The normalized spacial score (nSPS) is 31.2. The van der Waals surface area contributed by atoms with Crippen molar-refractivity contribution in [3.8, 4) is 0 Å². The number of rotatable bonds is 2. The van der Waals surface area contributed by atoms with Gasteiger partial charge in [-0.3, -0.25) is 9.69 Å². The third-order valence-electron chi connectivity index (χ3n) is 2.54. The quantitative estimate of drug-likeness (QED) is 0.604. The number of hydrogen-bond acceptors (Lipinski definition) is 3. The van der Waals surface area contributed by atoms with Gasteiger partial charge in [0.1, 0.15) is 6.04 Å². The molecule has 1 aliphatic rings. The summed E-state index contributed by atoms with van der Waals surface area (Å²) >= 11 is 0. The Hall–Kier alpha value is -0.610. The van der Waals surface area contributed by atoms with Crippen LogP contribution in [-0.4, -0.2) is 43.0 Å². The SMILES string of the molecule is CCN1CC(C)CNC(=O)C1CN. The largest absolute Gasteiger partial charge is 0.354 e. The fourth-order valence-corrected chi connectivity index (χ4v) is 1.76. The summed E-state index contributed by atoms with van der Waals surface area (Å²) < 4.78 is 0. The van der Waals surface area contributed by atoms with Gasteiger partial charge in [0.25, 0.3) is 0 Å². The van der Waals surface area contributed by atoms with Crippen LogP contribution < -0.4 is 11.1 Å². The molecule has 13 heavy (non-hydrogen) atoms. The van der Waals surface area contributed by atoms with Crippen molar-refractivity contribution in [1.82, 2.24) is 10.2 Å². The molecule has 1 rings (SSSR count). The van der Waals surface area contributed by atoms with E-state index in [0.717, 1.165) is 19.6 Å². The number of carbonyl (C=O) groups excluding carboxylic acids is 1. The molecule has 0 radical (unpaired) electrons. The van der Waals surface area contributed by atoms with Crippen LogP contribution in [-0.2, 0) is 4.79 Å².